The van der Waals surface area contributed by atoms with Crippen LogP contribution in [-0.4, -0.2) is 56.5 Å². The van der Waals surface area contributed by atoms with E-state index in [1.165, 1.54) is 14.2 Å². The van der Waals surface area contributed by atoms with Gasteiger partial charge in [0.25, 0.3) is 0 Å². The number of nitrogens with one attached hydrogen (secondary N) is 2. The topological polar surface area (TPSA) is 131 Å². The summed E-state index contributed by atoms with van der Waals surface area (Å²) in [6.07, 6.45) is -0.577. The number of phenols is 1. The first-order valence-electron chi connectivity index (χ1n) is 13.4. The Kier molecular flexibility index (Phi) is 6.77. The SMILES string of the molecule is CCNCOc1cc(OC)c2c3c1[C@@H](O)Nc1cc4c(c(c1-3)CC2)[C@@H](O)[C@H](c1cc(OC)c(O)c(OC)c1)CO4. The van der Waals surface area contributed by atoms with Crippen LogP contribution in [-0.2, 0) is 12.8 Å². The number of methoxy groups -OCH3 is 3. The van der Waals surface area contributed by atoms with Crippen molar-refractivity contribution in [2.24, 2.45) is 0 Å². The van der Waals surface area contributed by atoms with Gasteiger partial charge in [0, 0.05) is 46.0 Å². The zero-order chi connectivity index (χ0) is 28.1. The minimum atomic E-state index is -0.994. The highest BCUT2D eigenvalue weighted by molar-refractivity contribution is 5.93. The van der Waals surface area contributed by atoms with E-state index in [9.17, 15) is 15.3 Å². The number of rotatable bonds is 8. The van der Waals surface area contributed by atoms with Crippen LogP contribution in [0.4, 0.5) is 5.69 Å². The molecule has 0 amide bonds. The summed E-state index contributed by atoms with van der Waals surface area (Å²) < 4.78 is 28.8. The first-order valence-corrected chi connectivity index (χ1v) is 13.4. The van der Waals surface area contributed by atoms with Gasteiger partial charge in [-0.15, -0.1) is 0 Å². The molecule has 40 heavy (non-hydrogen) atoms. The lowest BCUT2D eigenvalue weighted by Crippen LogP contribution is -2.29. The van der Waals surface area contributed by atoms with Gasteiger partial charge in [-0.3, -0.25) is 5.32 Å². The van der Waals surface area contributed by atoms with Gasteiger partial charge >= 0.3 is 0 Å². The molecular formula is C30H34N2O8. The van der Waals surface area contributed by atoms with Gasteiger partial charge in [-0.25, -0.2) is 0 Å². The van der Waals surface area contributed by atoms with Gasteiger partial charge in [0.05, 0.1) is 39.6 Å². The number of ether oxygens (including phenoxy) is 5. The molecule has 2 heterocycles. The van der Waals surface area contributed by atoms with Crippen molar-refractivity contribution in [2.75, 3.05) is 46.5 Å². The van der Waals surface area contributed by atoms with Crippen LogP contribution in [0.5, 0.6) is 34.5 Å². The molecule has 0 radical (unpaired) electrons. The molecular weight excluding hydrogens is 516 g/mol. The molecule has 0 saturated heterocycles. The average molecular weight is 551 g/mol. The molecule has 6 rings (SSSR count). The lowest BCUT2D eigenvalue weighted by Gasteiger charge is -2.39. The Morgan fingerprint density at radius 3 is 2.27 bits per heavy atom. The van der Waals surface area contributed by atoms with Crippen molar-refractivity contribution in [3.63, 3.8) is 0 Å². The van der Waals surface area contributed by atoms with E-state index in [2.05, 4.69) is 10.6 Å². The second-order valence-corrected chi connectivity index (χ2v) is 10.1. The number of aliphatic hydroxyl groups is 2. The standard InChI is InChI=1S/C30H34N2O8/c1-5-31-13-40-21-11-19(36-2)15-6-7-16-24-18(32-30(35)27(21)26(15)24)10-20-25(16)28(33)17(12-39-20)14-8-22(37-3)29(34)23(9-14)38-4/h8-11,17,28,30-35H,5-7,12-13H2,1-4H3/t17-,28-,30+/m0/s1. The number of anilines is 1. The van der Waals surface area contributed by atoms with Crippen LogP contribution in [0.25, 0.3) is 11.1 Å². The fourth-order valence-electron chi connectivity index (χ4n) is 6.21. The number of aliphatic hydroxyl groups excluding tert-OH is 2. The molecule has 212 valence electrons. The molecule has 3 aromatic carbocycles. The molecule has 0 aromatic heterocycles. The molecule has 3 atom stereocenters. The lowest BCUT2D eigenvalue weighted by molar-refractivity contribution is 0.0878. The summed E-state index contributed by atoms with van der Waals surface area (Å²) in [6.45, 7) is 3.24. The molecule has 0 saturated carbocycles. The van der Waals surface area contributed by atoms with Crippen molar-refractivity contribution >= 4 is 5.69 Å². The number of fused-ring (bicyclic) bond motifs is 2. The highest BCUT2D eigenvalue weighted by Gasteiger charge is 2.41. The van der Waals surface area contributed by atoms with Crippen LogP contribution in [0.15, 0.2) is 24.3 Å². The van der Waals surface area contributed by atoms with Crippen molar-refractivity contribution < 1.29 is 39.0 Å². The van der Waals surface area contributed by atoms with Crippen LogP contribution in [0.2, 0.25) is 0 Å². The van der Waals surface area contributed by atoms with Crippen molar-refractivity contribution in [3.8, 4) is 45.6 Å². The molecule has 10 nitrogen and oxygen atoms in total. The summed E-state index contributed by atoms with van der Waals surface area (Å²) >= 11 is 0. The molecule has 3 aliphatic rings. The van der Waals surface area contributed by atoms with Gasteiger partial charge in [-0.1, -0.05) is 6.92 Å². The van der Waals surface area contributed by atoms with Gasteiger partial charge < -0.3 is 44.3 Å². The predicted molar refractivity (Wildman–Crippen MR) is 148 cm³/mol. The van der Waals surface area contributed by atoms with E-state index in [0.29, 0.717) is 41.2 Å². The lowest BCUT2D eigenvalue weighted by atomic mass is 9.74. The smallest absolute Gasteiger partial charge is 0.200 e. The average Bonchev–Trinajstić information content (AvgIpc) is 2.96. The minimum Gasteiger partial charge on any atom is -0.502 e. The van der Waals surface area contributed by atoms with Crippen molar-refractivity contribution in [1.29, 1.82) is 0 Å². The van der Waals surface area contributed by atoms with Gasteiger partial charge in [0.2, 0.25) is 5.75 Å². The summed E-state index contributed by atoms with van der Waals surface area (Å²) in [5, 5.41) is 39.9. The van der Waals surface area contributed by atoms with Crippen LogP contribution in [0.1, 0.15) is 53.0 Å². The van der Waals surface area contributed by atoms with E-state index < -0.39 is 18.2 Å². The molecule has 2 aliphatic heterocycles. The first-order chi connectivity index (χ1) is 19.4. The highest BCUT2D eigenvalue weighted by Crippen LogP contribution is 2.57. The zero-order valence-corrected chi connectivity index (χ0v) is 23.0. The monoisotopic (exact) mass is 550 g/mol. The third kappa shape index (κ3) is 3.97. The Hall–Kier alpha value is -3.86. The van der Waals surface area contributed by atoms with Crippen molar-refractivity contribution in [3.05, 3.63) is 52.1 Å². The molecule has 3 aromatic rings. The fourth-order valence-corrected chi connectivity index (χ4v) is 6.21. The predicted octanol–water partition coefficient (Wildman–Crippen LogP) is 3.76. The van der Waals surface area contributed by atoms with Crippen LogP contribution in [0, 0.1) is 0 Å². The summed E-state index contributed by atoms with van der Waals surface area (Å²) in [5.74, 6) is 1.80. The molecule has 0 bridgehead atoms. The minimum absolute atomic E-state index is 0.0978. The number of aromatic hydroxyl groups is 1. The van der Waals surface area contributed by atoms with Crippen LogP contribution >= 0.6 is 0 Å². The molecule has 5 N–H and O–H groups in total. The molecule has 10 heteroatoms. The Morgan fingerprint density at radius 2 is 1.60 bits per heavy atom. The molecule has 0 unspecified atom stereocenters. The first kappa shape index (κ1) is 26.4. The molecule has 0 spiro atoms. The van der Waals surface area contributed by atoms with Gasteiger partial charge in [-0.05, 0) is 42.6 Å². The van der Waals surface area contributed by atoms with E-state index in [1.54, 1.807) is 19.2 Å². The van der Waals surface area contributed by atoms with E-state index in [1.807, 2.05) is 19.1 Å². The van der Waals surface area contributed by atoms with E-state index in [-0.39, 0.29) is 30.6 Å². The summed E-state index contributed by atoms with van der Waals surface area (Å²) in [7, 11) is 4.58. The maximum atomic E-state index is 11.9. The van der Waals surface area contributed by atoms with Crippen LogP contribution < -0.4 is 34.3 Å². The molecule has 0 fully saturated rings. The Bertz CT molecular complexity index is 1450. The normalized spacial score (nSPS) is 20.0. The zero-order valence-electron chi connectivity index (χ0n) is 23.0. The number of hydrogen-bond donors (Lipinski definition) is 5. The van der Waals surface area contributed by atoms with E-state index >= 15 is 0 Å². The maximum Gasteiger partial charge on any atom is 0.200 e. The molecule has 1 aliphatic carbocycles. The Balaban J connectivity index is 1.50. The number of hydrogen-bond acceptors (Lipinski definition) is 10. The van der Waals surface area contributed by atoms with E-state index in [4.69, 9.17) is 23.7 Å². The maximum absolute atomic E-state index is 11.9. The van der Waals surface area contributed by atoms with Crippen LogP contribution in [0.3, 0.4) is 0 Å². The largest absolute Gasteiger partial charge is 0.502 e. The number of phenolic OH excluding ortho intramolecular Hbond substituents is 1. The number of benzene rings is 3. The van der Waals surface area contributed by atoms with E-state index in [0.717, 1.165) is 40.0 Å². The third-order valence-electron chi connectivity index (χ3n) is 8.10. The van der Waals surface area contributed by atoms with Crippen molar-refractivity contribution in [1.82, 2.24) is 5.32 Å². The summed E-state index contributed by atoms with van der Waals surface area (Å²) in [4.78, 5) is 0. The Labute approximate surface area is 232 Å². The fraction of sp³-hybridized carbons (Fsp3) is 0.400. The third-order valence-corrected chi connectivity index (χ3v) is 8.10. The summed E-state index contributed by atoms with van der Waals surface area (Å²) in [6, 6.07) is 7.10. The second-order valence-electron chi connectivity index (χ2n) is 10.1. The summed E-state index contributed by atoms with van der Waals surface area (Å²) in [5.41, 5.74) is 6.57. The highest BCUT2D eigenvalue weighted by atomic mass is 16.5. The van der Waals surface area contributed by atoms with Gasteiger partial charge in [-0.2, -0.15) is 0 Å². The van der Waals surface area contributed by atoms with Gasteiger partial charge in [0.1, 0.15) is 24.0 Å². The van der Waals surface area contributed by atoms with Crippen molar-refractivity contribution in [2.45, 2.75) is 38.0 Å². The quantitative estimate of drug-likeness (QED) is 0.209. The Morgan fingerprint density at radius 1 is 0.900 bits per heavy atom. The second kappa shape index (κ2) is 10.3. The van der Waals surface area contributed by atoms with Gasteiger partial charge in [0.15, 0.2) is 17.7 Å².